The Kier molecular flexibility index (Phi) is 3.61. The molecule has 0 radical (unpaired) electrons. The summed E-state index contributed by atoms with van der Waals surface area (Å²) < 4.78 is 0. The number of rotatable bonds is 3. The van der Waals surface area contributed by atoms with Crippen LogP contribution >= 0.6 is 0 Å². The van der Waals surface area contributed by atoms with Crippen LogP contribution in [0, 0.1) is 0 Å². The Morgan fingerprint density at radius 2 is 1.95 bits per heavy atom. The fourth-order valence-corrected chi connectivity index (χ4v) is 1.66. The molecule has 0 aliphatic rings. The van der Waals surface area contributed by atoms with Crippen molar-refractivity contribution in [1.29, 1.82) is 0 Å². The summed E-state index contributed by atoms with van der Waals surface area (Å²) in [5.74, 6) is -0.0261. The van der Waals surface area contributed by atoms with Crippen LogP contribution in [0.2, 0.25) is 0 Å². The SMILES string of the molecule is CN(C)c1ccc(N)cc1C(=O)Nc1ncccn1. The molecule has 0 saturated carbocycles. The van der Waals surface area contributed by atoms with E-state index in [1.54, 1.807) is 36.7 Å². The van der Waals surface area contributed by atoms with Crippen LogP contribution in [0.25, 0.3) is 0 Å². The fourth-order valence-electron chi connectivity index (χ4n) is 1.66. The number of benzene rings is 1. The first-order chi connectivity index (χ1) is 9.08. The number of nitrogens with one attached hydrogen (secondary N) is 1. The van der Waals surface area contributed by atoms with Crippen molar-refractivity contribution in [2.45, 2.75) is 0 Å². The lowest BCUT2D eigenvalue weighted by molar-refractivity contribution is 0.102. The van der Waals surface area contributed by atoms with E-state index in [0.29, 0.717) is 11.3 Å². The van der Waals surface area contributed by atoms with Gasteiger partial charge in [0.25, 0.3) is 5.91 Å². The smallest absolute Gasteiger partial charge is 0.260 e. The maximum atomic E-state index is 12.2. The van der Waals surface area contributed by atoms with Crippen molar-refractivity contribution in [3.63, 3.8) is 0 Å². The van der Waals surface area contributed by atoms with Gasteiger partial charge in [-0.15, -0.1) is 0 Å². The molecule has 0 bridgehead atoms. The Morgan fingerprint density at radius 3 is 2.58 bits per heavy atom. The minimum absolute atomic E-state index is 0.264. The summed E-state index contributed by atoms with van der Waals surface area (Å²) >= 11 is 0. The van der Waals surface area contributed by atoms with Crippen molar-refractivity contribution < 1.29 is 4.79 Å². The third-order valence-electron chi connectivity index (χ3n) is 2.54. The van der Waals surface area contributed by atoms with Gasteiger partial charge in [-0.1, -0.05) is 0 Å². The highest BCUT2D eigenvalue weighted by Gasteiger charge is 2.14. The Hall–Kier alpha value is -2.63. The summed E-state index contributed by atoms with van der Waals surface area (Å²) in [4.78, 5) is 22.0. The van der Waals surface area contributed by atoms with Crippen LogP contribution in [-0.4, -0.2) is 30.0 Å². The Bertz CT molecular complexity index is 583. The molecule has 98 valence electrons. The molecule has 0 spiro atoms. The largest absolute Gasteiger partial charge is 0.399 e. The molecule has 3 N–H and O–H groups in total. The summed E-state index contributed by atoms with van der Waals surface area (Å²) in [7, 11) is 3.72. The quantitative estimate of drug-likeness (QED) is 0.811. The van der Waals surface area contributed by atoms with Gasteiger partial charge in [-0.2, -0.15) is 0 Å². The van der Waals surface area contributed by atoms with Gasteiger partial charge in [-0.3, -0.25) is 10.1 Å². The van der Waals surface area contributed by atoms with Gasteiger partial charge in [0.05, 0.1) is 5.56 Å². The molecule has 1 aromatic carbocycles. The molecule has 1 amide bonds. The summed E-state index contributed by atoms with van der Waals surface area (Å²) in [5, 5.41) is 2.64. The predicted molar refractivity (Wildman–Crippen MR) is 75.2 cm³/mol. The van der Waals surface area contributed by atoms with Gasteiger partial charge in [0.15, 0.2) is 0 Å². The minimum atomic E-state index is -0.290. The van der Waals surface area contributed by atoms with Crippen LogP contribution in [-0.2, 0) is 0 Å². The topological polar surface area (TPSA) is 84.1 Å². The van der Waals surface area contributed by atoms with Gasteiger partial charge in [0.1, 0.15) is 0 Å². The number of amides is 1. The lowest BCUT2D eigenvalue weighted by Gasteiger charge is -2.17. The van der Waals surface area contributed by atoms with Gasteiger partial charge < -0.3 is 10.6 Å². The first-order valence-corrected chi connectivity index (χ1v) is 5.73. The van der Waals surface area contributed by atoms with Gasteiger partial charge in [-0.05, 0) is 24.3 Å². The first-order valence-electron chi connectivity index (χ1n) is 5.73. The highest BCUT2D eigenvalue weighted by Crippen LogP contribution is 2.22. The van der Waals surface area contributed by atoms with E-state index in [-0.39, 0.29) is 11.9 Å². The summed E-state index contributed by atoms with van der Waals surface area (Å²) in [6.07, 6.45) is 3.13. The fraction of sp³-hybridized carbons (Fsp3) is 0.154. The number of nitrogen functional groups attached to an aromatic ring is 1. The molecule has 0 atom stereocenters. The minimum Gasteiger partial charge on any atom is -0.399 e. The third kappa shape index (κ3) is 2.98. The van der Waals surface area contributed by atoms with Crippen molar-refractivity contribution in [2.75, 3.05) is 30.0 Å². The molecule has 0 saturated heterocycles. The lowest BCUT2D eigenvalue weighted by Crippen LogP contribution is -2.19. The normalized spacial score (nSPS) is 10.0. The molecule has 0 aliphatic carbocycles. The van der Waals surface area contributed by atoms with E-state index in [1.165, 1.54) is 0 Å². The molecule has 0 aliphatic heterocycles. The van der Waals surface area contributed by atoms with E-state index in [4.69, 9.17) is 5.73 Å². The van der Waals surface area contributed by atoms with Crippen molar-refractivity contribution in [1.82, 2.24) is 9.97 Å². The van der Waals surface area contributed by atoms with Crippen molar-refractivity contribution in [3.8, 4) is 0 Å². The molecule has 19 heavy (non-hydrogen) atoms. The lowest BCUT2D eigenvalue weighted by atomic mass is 10.1. The maximum Gasteiger partial charge on any atom is 0.260 e. The number of carbonyl (C=O) groups is 1. The number of aromatic nitrogens is 2. The van der Waals surface area contributed by atoms with Crippen LogP contribution in [0.3, 0.4) is 0 Å². The first kappa shape index (κ1) is 12.8. The third-order valence-corrected chi connectivity index (χ3v) is 2.54. The number of nitrogens with zero attached hydrogens (tertiary/aromatic N) is 3. The van der Waals surface area contributed by atoms with Crippen LogP contribution in [0.4, 0.5) is 17.3 Å². The Balaban J connectivity index is 2.30. The van der Waals surface area contributed by atoms with Crippen molar-refractivity contribution >= 4 is 23.2 Å². The molecule has 0 fully saturated rings. The monoisotopic (exact) mass is 257 g/mol. The van der Waals surface area contributed by atoms with E-state index in [1.807, 2.05) is 19.0 Å². The summed E-state index contributed by atoms with van der Waals surface area (Å²) in [6, 6.07) is 6.87. The van der Waals surface area contributed by atoms with Crippen molar-refractivity contribution in [3.05, 3.63) is 42.2 Å². The van der Waals surface area contributed by atoms with Crippen LogP contribution < -0.4 is 16.0 Å². The second-order valence-electron chi connectivity index (χ2n) is 4.20. The molecule has 2 rings (SSSR count). The van der Waals surface area contributed by atoms with Crippen LogP contribution in [0.15, 0.2) is 36.7 Å². The second kappa shape index (κ2) is 5.34. The van der Waals surface area contributed by atoms with Crippen LogP contribution in [0.1, 0.15) is 10.4 Å². The molecule has 2 aromatic rings. The number of carbonyl (C=O) groups excluding carboxylic acids is 1. The zero-order valence-corrected chi connectivity index (χ0v) is 10.8. The van der Waals surface area contributed by atoms with Crippen LogP contribution in [0.5, 0.6) is 0 Å². The van der Waals surface area contributed by atoms with Gasteiger partial charge >= 0.3 is 0 Å². The zero-order valence-electron chi connectivity index (χ0n) is 10.8. The molecule has 1 aromatic heterocycles. The maximum absolute atomic E-state index is 12.2. The molecule has 1 heterocycles. The van der Waals surface area contributed by atoms with Gasteiger partial charge in [0, 0.05) is 37.9 Å². The van der Waals surface area contributed by atoms with Crippen molar-refractivity contribution in [2.24, 2.45) is 0 Å². The van der Waals surface area contributed by atoms with E-state index in [0.717, 1.165) is 5.69 Å². The van der Waals surface area contributed by atoms with Gasteiger partial charge in [-0.25, -0.2) is 9.97 Å². The number of nitrogens with two attached hydrogens (primary N) is 1. The molecular weight excluding hydrogens is 242 g/mol. The standard InChI is InChI=1S/C13H15N5O/c1-18(2)11-5-4-9(14)8-10(11)12(19)17-13-15-6-3-7-16-13/h3-8H,14H2,1-2H3,(H,15,16,17,19). The average molecular weight is 257 g/mol. The number of hydrogen-bond donors (Lipinski definition) is 2. The summed E-state index contributed by atoms with van der Waals surface area (Å²) in [5.41, 5.74) is 7.53. The van der Waals surface area contributed by atoms with Gasteiger partial charge in [0.2, 0.25) is 5.95 Å². The number of anilines is 3. The van der Waals surface area contributed by atoms with E-state index >= 15 is 0 Å². The molecular formula is C13H15N5O. The predicted octanol–water partition coefficient (Wildman–Crippen LogP) is 1.38. The summed E-state index contributed by atoms with van der Waals surface area (Å²) in [6.45, 7) is 0. The molecule has 0 unspecified atom stereocenters. The Morgan fingerprint density at radius 1 is 1.26 bits per heavy atom. The highest BCUT2D eigenvalue weighted by atomic mass is 16.1. The van der Waals surface area contributed by atoms with E-state index in [2.05, 4.69) is 15.3 Å². The van der Waals surface area contributed by atoms with E-state index < -0.39 is 0 Å². The second-order valence-corrected chi connectivity index (χ2v) is 4.20. The van der Waals surface area contributed by atoms with E-state index in [9.17, 15) is 4.79 Å². The molecule has 6 nitrogen and oxygen atoms in total. The average Bonchev–Trinajstić information content (AvgIpc) is 2.39. The molecule has 6 heteroatoms. The Labute approximate surface area is 111 Å². The highest BCUT2D eigenvalue weighted by molar-refractivity contribution is 6.08. The zero-order chi connectivity index (χ0) is 13.8. The number of hydrogen-bond acceptors (Lipinski definition) is 5.